The summed E-state index contributed by atoms with van der Waals surface area (Å²) in [7, 11) is 0. The molecular formula is C10H22N2. The van der Waals surface area contributed by atoms with Crippen LogP contribution in [-0.4, -0.2) is 18.6 Å². The third-order valence-electron chi connectivity index (χ3n) is 2.01. The molecule has 0 aromatic carbocycles. The first-order valence-corrected chi connectivity index (χ1v) is 5.17. The van der Waals surface area contributed by atoms with E-state index in [9.17, 15) is 0 Å². The maximum atomic E-state index is 5.22. The molecule has 0 amide bonds. The lowest BCUT2D eigenvalue weighted by molar-refractivity contribution is 0.550. The van der Waals surface area contributed by atoms with Gasteiger partial charge in [0.1, 0.15) is 0 Å². The van der Waals surface area contributed by atoms with E-state index < -0.39 is 0 Å². The maximum absolute atomic E-state index is 5.22. The van der Waals surface area contributed by atoms with E-state index in [1.165, 1.54) is 32.2 Å². The van der Waals surface area contributed by atoms with Crippen molar-refractivity contribution >= 4 is 0 Å². The highest BCUT2D eigenvalue weighted by molar-refractivity contribution is 4.80. The van der Waals surface area contributed by atoms with E-state index >= 15 is 0 Å². The normalized spacial score (nSPS) is 22.0. The van der Waals surface area contributed by atoms with Gasteiger partial charge in [-0.25, -0.2) is 0 Å². The van der Waals surface area contributed by atoms with Gasteiger partial charge in [-0.15, -0.1) is 0 Å². The van der Waals surface area contributed by atoms with Crippen molar-refractivity contribution in [1.82, 2.24) is 5.32 Å². The number of nitrogens with two attached hydrogens (primary N) is 1. The fourth-order valence-electron chi connectivity index (χ4n) is 0.786. The van der Waals surface area contributed by atoms with Gasteiger partial charge in [0, 0.05) is 12.1 Å². The van der Waals surface area contributed by atoms with Crippen LogP contribution < -0.4 is 11.1 Å². The molecule has 2 nitrogen and oxygen atoms in total. The molecule has 0 aromatic rings. The Balaban J connectivity index is 0.000000150. The van der Waals surface area contributed by atoms with Gasteiger partial charge in [0.15, 0.2) is 0 Å². The highest BCUT2D eigenvalue weighted by atomic mass is 14.9. The summed E-state index contributed by atoms with van der Waals surface area (Å²) in [5, 5.41) is 3.46. The molecule has 0 saturated heterocycles. The summed E-state index contributed by atoms with van der Waals surface area (Å²) in [5.41, 5.74) is 5.22. The molecule has 0 atom stereocenters. The second kappa shape index (κ2) is 4.83. The van der Waals surface area contributed by atoms with Crippen LogP contribution in [-0.2, 0) is 0 Å². The zero-order valence-corrected chi connectivity index (χ0v) is 8.34. The minimum Gasteiger partial charge on any atom is -0.328 e. The number of rotatable bonds is 3. The minimum atomic E-state index is 0.583. The Bertz CT molecular complexity index is 113. The van der Waals surface area contributed by atoms with Gasteiger partial charge in [-0.05, 0) is 38.1 Å². The predicted octanol–water partition coefficient (Wildman–Crippen LogP) is 1.50. The first-order chi connectivity index (χ1) is 5.68. The highest BCUT2D eigenvalue weighted by Crippen LogP contribution is 2.18. The fourth-order valence-corrected chi connectivity index (χ4v) is 0.786. The van der Waals surface area contributed by atoms with Gasteiger partial charge < -0.3 is 11.1 Å². The summed E-state index contributed by atoms with van der Waals surface area (Å²) >= 11 is 0. The second-order valence-corrected chi connectivity index (χ2v) is 4.41. The van der Waals surface area contributed by atoms with Gasteiger partial charge in [-0.1, -0.05) is 13.8 Å². The van der Waals surface area contributed by atoms with E-state index in [0.717, 1.165) is 12.0 Å². The van der Waals surface area contributed by atoms with E-state index in [1.54, 1.807) is 0 Å². The molecule has 72 valence electrons. The Kier molecular flexibility index (Phi) is 4.02. The molecule has 2 fully saturated rings. The lowest BCUT2D eigenvalue weighted by atomic mass is 10.2. The zero-order valence-electron chi connectivity index (χ0n) is 8.34. The van der Waals surface area contributed by atoms with Gasteiger partial charge in [0.25, 0.3) is 0 Å². The summed E-state index contributed by atoms with van der Waals surface area (Å²) in [6.07, 6.45) is 5.35. The van der Waals surface area contributed by atoms with E-state index in [4.69, 9.17) is 5.73 Å². The average Bonchev–Trinajstić information content (AvgIpc) is 2.79. The molecule has 2 rings (SSSR count). The third kappa shape index (κ3) is 6.62. The van der Waals surface area contributed by atoms with Crippen LogP contribution >= 0.6 is 0 Å². The van der Waals surface area contributed by atoms with Gasteiger partial charge >= 0.3 is 0 Å². The molecule has 0 bridgehead atoms. The van der Waals surface area contributed by atoms with Crippen LogP contribution in [0.5, 0.6) is 0 Å². The molecule has 0 radical (unpaired) electrons. The van der Waals surface area contributed by atoms with Crippen molar-refractivity contribution in [3.05, 3.63) is 0 Å². The van der Waals surface area contributed by atoms with Crippen molar-refractivity contribution in [1.29, 1.82) is 0 Å². The van der Waals surface area contributed by atoms with Crippen molar-refractivity contribution < 1.29 is 0 Å². The first-order valence-electron chi connectivity index (χ1n) is 5.17. The molecule has 0 aromatic heterocycles. The summed E-state index contributed by atoms with van der Waals surface area (Å²) < 4.78 is 0. The number of hydrogen-bond donors (Lipinski definition) is 2. The second-order valence-electron chi connectivity index (χ2n) is 4.41. The molecule has 3 N–H and O–H groups in total. The smallest absolute Gasteiger partial charge is 0.00683 e. The van der Waals surface area contributed by atoms with Crippen LogP contribution in [0.15, 0.2) is 0 Å². The van der Waals surface area contributed by atoms with Crippen LogP contribution in [0.1, 0.15) is 39.5 Å². The fraction of sp³-hybridized carbons (Fsp3) is 1.00. The van der Waals surface area contributed by atoms with Crippen molar-refractivity contribution in [3.8, 4) is 0 Å². The molecular weight excluding hydrogens is 148 g/mol. The summed E-state index contributed by atoms with van der Waals surface area (Å²) in [6.45, 7) is 5.69. The summed E-state index contributed by atoms with van der Waals surface area (Å²) in [5.74, 6) is 0.815. The zero-order chi connectivity index (χ0) is 8.97. The SMILES string of the molecule is CC(C)CNC1CC1.NC1CC1. The Morgan fingerprint density at radius 1 is 1.25 bits per heavy atom. The molecule has 0 heterocycles. The lowest BCUT2D eigenvalue weighted by Gasteiger charge is -2.03. The maximum Gasteiger partial charge on any atom is 0.00683 e. The molecule has 2 saturated carbocycles. The van der Waals surface area contributed by atoms with Crippen molar-refractivity contribution in [3.63, 3.8) is 0 Å². The average molecular weight is 170 g/mol. The van der Waals surface area contributed by atoms with Crippen LogP contribution in [0.25, 0.3) is 0 Å². The largest absolute Gasteiger partial charge is 0.328 e. The number of nitrogens with one attached hydrogen (secondary N) is 1. The van der Waals surface area contributed by atoms with Crippen molar-refractivity contribution in [2.24, 2.45) is 11.7 Å². The van der Waals surface area contributed by atoms with E-state index in [1.807, 2.05) is 0 Å². The third-order valence-corrected chi connectivity index (χ3v) is 2.01. The van der Waals surface area contributed by atoms with Crippen LogP contribution in [0.3, 0.4) is 0 Å². The van der Waals surface area contributed by atoms with E-state index in [-0.39, 0.29) is 0 Å². The van der Waals surface area contributed by atoms with E-state index in [2.05, 4.69) is 19.2 Å². The van der Waals surface area contributed by atoms with Gasteiger partial charge in [0.2, 0.25) is 0 Å². The van der Waals surface area contributed by atoms with Crippen LogP contribution in [0, 0.1) is 5.92 Å². The molecule has 2 heteroatoms. The Morgan fingerprint density at radius 3 is 2.00 bits per heavy atom. The van der Waals surface area contributed by atoms with Crippen LogP contribution in [0.2, 0.25) is 0 Å². The monoisotopic (exact) mass is 170 g/mol. The quantitative estimate of drug-likeness (QED) is 0.673. The Labute approximate surface area is 75.9 Å². The topological polar surface area (TPSA) is 38.0 Å². The number of hydrogen-bond acceptors (Lipinski definition) is 2. The Hall–Kier alpha value is -0.0800. The molecule has 0 aliphatic heterocycles. The minimum absolute atomic E-state index is 0.583. The van der Waals surface area contributed by atoms with Crippen LogP contribution in [0.4, 0.5) is 0 Å². The van der Waals surface area contributed by atoms with Crippen molar-refractivity contribution in [2.75, 3.05) is 6.54 Å². The predicted molar refractivity (Wildman–Crippen MR) is 53.1 cm³/mol. The van der Waals surface area contributed by atoms with Gasteiger partial charge in [0.05, 0.1) is 0 Å². The van der Waals surface area contributed by atoms with Gasteiger partial charge in [-0.2, -0.15) is 0 Å². The molecule has 12 heavy (non-hydrogen) atoms. The molecule has 0 spiro atoms. The molecule has 0 unspecified atom stereocenters. The van der Waals surface area contributed by atoms with E-state index in [0.29, 0.717) is 6.04 Å². The summed E-state index contributed by atoms with van der Waals surface area (Å²) in [4.78, 5) is 0. The standard InChI is InChI=1S/C7H15N.C3H7N/c1-6(2)5-8-7-3-4-7;4-3-1-2-3/h6-8H,3-5H2,1-2H3;3H,1-2,4H2. The Morgan fingerprint density at radius 2 is 1.75 bits per heavy atom. The van der Waals surface area contributed by atoms with Crippen molar-refractivity contribution in [2.45, 2.75) is 51.6 Å². The van der Waals surface area contributed by atoms with Gasteiger partial charge in [-0.3, -0.25) is 0 Å². The summed E-state index contributed by atoms with van der Waals surface area (Å²) in [6, 6.07) is 1.47. The lowest BCUT2D eigenvalue weighted by Crippen LogP contribution is -2.21. The molecule has 2 aliphatic rings. The highest BCUT2D eigenvalue weighted by Gasteiger charge is 2.19. The first kappa shape index (κ1) is 10.0. The molecule has 2 aliphatic carbocycles.